The van der Waals surface area contributed by atoms with Gasteiger partial charge in [0.15, 0.2) is 11.6 Å². The van der Waals surface area contributed by atoms with Crippen LogP contribution in [-0.2, 0) is 4.79 Å². The number of nitrogens with one attached hydrogen (secondary N) is 1. The molecule has 0 saturated heterocycles. The molecule has 6 heteroatoms. The molecule has 0 aliphatic heterocycles. The Morgan fingerprint density at radius 3 is 2.45 bits per heavy atom. The van der Waals surface area contributed by atoms with Crippen molar-refractivity contribution in [2.45, 2.75) is 32.4 Å². The van der Waals surface area contributed by atoms with Crippen LogP contribution in [0.1, 0.15) is 31.9 Å². The van der Waals surface area contributed by atoms with E-state index in [9.17, 15) is 18.7 Å². The van der Waals surface area contributed by atoms with E-state index in [0.717, 1.165) is 12.1 Å². The number of carbonyl (C=O) groups is 1. The summed E-state index contributed by atoms with van der Waals surface area (Å²) in [7, 11) is 0. The summed E-state index contributed by atoms with van der Waals surface area (Å²) < 4.78 is 26.0. The third-order valence-corrected chi connectivity index (χ3v) is 2.85. The lowest BCUT2D eigenvalue weighted by Gasteiger charge is -2.24. The van der Waals surface area contributed by atoms with Crippen LogP contribution in [0, 0.1) is 17.6 Å². The number of benzene rings is 1. The molecular formula is C14H19F2NO3. The third kappa shape index (κ3) is 4.86. The van der Waals surface area contributed by atoms with Crippen LogP contribution in [0.15, 0.2) is 18.2 Å². The van der Waals surface area contributed by atoms with E-state index in [1.807, 2.05) is 13.8 Å². The van der Waals surface area contributed by atoms with Gasteiger partial charge < -0.3 is 15.5 Å². The van der Waals surface area contributed by atoms with Gasteiger partial charge in [-0.3, -0.25) is 4.79 Å². The van der Waals surface area contributed by atoms with Crippen LogP contribution < -0.4 is 5.32 Å². The minimum atomic E-state index is -1.22. The van der Waals surface area contributed by atoms with Gasteiger partial charge >= 0.3 is 5.97 Å². The molecule has 1 aromatic carbocycles. The molecule has 0 aromatic heterocycles. The number of carboxylic acids is 1. The molecule has 0 saturated carbocycles. The van der Waals surface area contributed by atoms with Gasteiger partial charge in [0.05, 0.1) is 12.5 Å². The average molecular weight is 287 g/mol. The van der Waals surface area contributed by atoms with Crippen LogP contribution in [0.5, 0.6) is 0 Å². The Labute approximate surface area is 116 Å². The van der Waals surface area contributed by atoms with Gasteiger partial charge in [-0.25, -0.2) is 8.78 Å². The molecule has 0 heterocycles. The fraction of sp³-hybridized carbons (Fsp3) is 0.500. The normalized spacial score (nSPS) is 14.3. The van der Waals surface area contributed by atoms with E-state index in [1.54, 1.807) is 0 Å². The molecular weight excluding hydrogens is 268 g/mol. The number of aliphatic carboxylic acids is 1. The first-order chi connectivity index (χ1) is 9.31. The Balaban J connectivity index is 2.87. The smallest absolute Gasteiger partial charge is 0.305 e. The molecule has 0 radical (unpaired) electrons. The van der Waals surface area contributed by atoms with E-state index in [0.29, 0.717) is 6.54 Å². The molecule has 4 nitrogen and oxygen atoms in total. The van der Waals surface area contributed by atoms with Gasteiger partial charge in [-0.15, -0.1) is 0 Å². The molecule has 0 fully saturated rings. The second-order valence-electron chi connectivity index (χ2n) is 5.12. The van der Waals surface area contributed by atoms with Gasteiger partial charge in [0.25, 0.3) is 0 Å². The molecule has 0 bridgehead atoms. The van der Waals surface area contributed by atoms with E-state index in [1.165, 1.54) is 6.07 Å². The lowest BCUT2D eigenvalue weighted by molar-refractivity contribution is -0.138. The average Bonchev–Trinajstić information content (AvgIpc) is 2.36. The Morgan fingerprint density at radius 1 is 1.30 bits per heavy atom. The topological polar surface area (TPSA) is 69.6 Å². The Bertz CT molecular complexity index is 466. The van der Waals surface area contributed by atoms with Gasteiger partial charge in [0.1, 0.15) is 0 Å². The minimum absolute atomic E-state index is 0.145. The van der Waals surface area contributed by atoms with Crippen molar-refractivity contribution in [3.8, 4) is 0 Å². The van der Waals surface area contributed by atoms with Crippen molar-refractivity contribution in [1.82, 2.24) is 5.32 Å². The fourth-order valence-electron chi connectivity index (χ4n) is 1.80. The molecule has 0 aliphatic rings. The number of halogens is 2. The molecule has 2 atom stereocenters. The largest absolute Gasteiger partial charge is 0.481 e. The summed E-state index contributed by atoms with van der Waals surface area (Å²) in [4.78, 5) is 10.8. The SMILES string of the molecule is CC(C)CNC(CC(=O)O)C(O)c1ccc(F)c(F)c1. The molecule has 20 heavy (non-hydrogen) atoms. The fourth-order valence-corrected chi connectivity index (χ4v) is 1.80. The van der Waals surface area contributed by atoms with Crippen molar-refractivity contribution in [2.24, 2.45) is 5.92 Å². The Kier molecular flexibility index (Phi) is 6.04. The number of hydrogen-bond acceptors (Lipinski definition) is 3. The van der Waals surface area contributed by atoms with Crippen LogP contribution in [-0.4, -0.2) is 28.8 Å². The van der Waals surface area contributed by atoms with Crippen LogP contribution in [0.3, 0.4) is 0 Å². The lowest BCUT2D eigenvalue weighted by atomic mass is 9.99. The van der Waals surface area contributed by atoms with Gasteiger partial charge in [0, 0.05) is 6.04 Å². The van der Waals surface area contributed by atoms with E-state index < -0.39 is 29.7 Å². The highest BCUT2D eigenvalue weighted by Gasteiger charge is 2.24. The van der Waals surface area contributed by atoms with Crippen LogP contribution in [0.25, 0.3) is 0 Å². The highest BCUT2D eigenvalue weighted by atomic mass is 19.2. The summed E-state index contributed by atoms with van der Waals surface area (Å²) >= 11 is 0. The van der Waals surface area contributed by atoms with Crippen molar-refractivity contribution in [3.63, 3.8) is 0 Å². The maximum atomic E-state index is 13.2. The molecule has 0 spiro atoms. The van der Waals surface area contributed by atoms with Gasteiger partial charge in [-0.2, -0.15) is 0 Å². The van der Waals surface area contributed by atoms with Crippen molar-refractivity contribution < 1.29 is 23.8 Å². The number of rotatable bonds is 7. The molecule has 0 amide bonds. The molecule has 1 aromatic rings. The zero-order chi connectivity index (χ0) is 15.3. The first kappa shape index (κ1) is 16.5. The summed E-state index contributed by atoms with van der Waals surface area (Å²) in [5.41, 5.74) is 0.145. The summed E-state index contributed by atoms with van der Waals surface area (Å²) in [5.74, 6) is -2.89. The minimum Gasteiger partial charge on any atom is -0.481 e. The van der Waals surface area contributed by atoms with Crippen molar-refractivity contribution in [1.29, 1.82) is 0 Å². The highest BCUT2D eigenvalue weighted by molar-refractivity contribution is 5.67. The molecule has 112 valence electrons. The van der Waals surface area contributed by atoms with Gasteiger partial charge in [-0.05, 0) is 30.2 Å². The first-order valence-corrected chi connectivity index (χ1v) is 6.39. The monoisotopic (exact) mass is 287 g/mol. The van der Waals surface area contributed by atoms with Gasteiger partial charge in [0.2, 0.25) is 0 Å². The highest BCUT2D eigenvalue weighted by Crippen LogP contribution is 2.21. The number of aliphatic hydroxyl groups is 1. The Morgan fingerprint density at radius 2 is 1.95 bits per heavy atom. The van der Waals surface area contributed by atoms with E-state index in [-0.39, 0.29) is 17.9 Å². The van der Waals surface area contributed by atoms with E-state index in [4.69, 9.17) is 5.11 Å². The van der Waals surface area contributed by atoms with E-state index in [2.05, 4.69) is 5.32 Å². The first-order valence-electron chi connectivity index (χ1n) is 6.39. The van der Waals surface area contributed by atoms with Crippen molar-refractivity contribution >= 4 is 5.97 Å². The zero-order valence-corrected chi connectivity index (χ0v) is 11.4. The van der Waals surface area contributed by atoms with Crippen LogP contribution in [0.2, 0.25) is 0 Å². The van der Waals surface area contributed by atoms with E-state index >= 15 is 0 Å². The quantitative estimate of drug-likeness (QED) is 0.718. The maximum absolute atomic E-state index is 13.2. The second-order valence-corrected chi connectivity index (χ2v) is 5.12. The summed E-state index contributed by atoms with van der Waals surface area (Å²) in [5, 5.41) is 21.9. The lowest BCUT2D eigenvalue weighted by Crippen LogP contribution is -2.39. The van der Waals surface area contributed by atoms with Crippen LogP contribution in [0.4, 0.5) is 8.78 Å². The zero-order valence-electron chi connectivity index (χ0n) is 11.4. The predicted molar refractivity (Wildman–Crippen MR) is 70.2 cm³/mol. The number of hydrogen-bond donors (Lipinski definition) is 3. The van der Waals surface area contributed by atoms with Crippen molar-refractivity contribution in [3.05, 3.63) is 35.4 Å². The van der Waals surface area contributed by atoms with Gasteiger partial charge in [-0.1, -0.05) is 19.9 Å². The Hall–Kier alpha value is -1.53. The molecule has 3 N–H and O–H groups in total. The summed E-state index contributed by atoms with van der Waals surface area (Å²) in [6.45, 7) is 4.39. The predicted octanol–water partition coefficient (Wildman–Crippen LogP) is 2.09. The summed E-state index contributed by atoms with van der Waals surface area (Å²) in [6.07, 6.45) is -1.53. The summed E-state index contributed by atoms with van der Waals surface area (Å²) in [6, 6.07) is 2.27. The number of carboxylic acid groups (broad SMARTS) is 1. The maximum Gasteiger partial charge on any atom is 0.305 e. The molecule has 0 aliphatic carbocycles. The third-order valence-electron chi connectivity index (χ3n) is 2.85. The standard InChI is InChI=1S/C14H19F2NO3/c1-8(2)7-17-12(6-13(18)19)14(20)9-3-4-10(15)11(16)5-9/h3-5,8,12,14,17,20H,6-7H2,1-2H3,(H,18,19). The molecule has 2 unspecified atom stereocenters. The second kappa shape index (κ2) is 7.31. The van der Waals surface area contributed by atoms with Crippen LogP contribution >= 0.6 is 0 Å². The van der Waals surface area contributed by atoms with Crippen molar-refractivity contribution in [2.75, 3.05) is 6.54 Å². The number of aliphatic hydroxyl groups excluding tert-OH is 1. The molecule has 1 rings (SSSR count).